The van der Waals surface area contributed by atoms with E-state index in [1.807, 2.05) is 60.0 Å². The van der Waals surface area contributed by atoms with E-state index in [-0.39, 0.29) is 0 Å². The second kappa shape index (κ2) is 10.5. The van der Waals surface area contributed by atoms with Crippen LogP contribution in [0.5, 0.6) is 11.5 Å². The third kappa shape index (κ3) is 5.57. The van der Waals surface area contributed by atoms with Gasteiger partial charge in [-0.05, 0) is 78.9 Å². The number of ether oxygens (including phenoxy) is 1. The first-order valence-corrected chi connectivity index (χ1v) is 15.0. The number of hydrogen-bond donors (Lipinski definition) is 0. The first kappa shape index (κ1) is 25.1. The second-order valence-corrected chi connectivity index (χ2v) is 13.1. The molecule has 1 aliphatic heterocycles. The summed E-state index contributed by atoms with van der Waals surface area (Å²) in [6, 6.07) is 22.6. The van der Waals surface area contributed by atoms with Gasteiger partial charge >= 0.3 is 0 Å². The van der Waals surface area contributed by atoms with Gasteiger partial charge in [0.2, 0.25) is 10.0 Å². The smallest absolute Gasteiger partial charge is 0.243 e. The molecule has 2 heterocycles. The Hall–Kier alpha value is -2.52. The molecule has 36 heavy (non-hydrogen) atoms. The molecular formula is C28H27BrN2O3S2. The first-order valence-electron chi connectivity index (χ1n) is 11.9. The molecule has 8 heteroatoms. The van der Waals surface area contributed by atoms with Crippen molar-refractivity contribution in [3.8, 4) is 33.3 Å². The Labute approximate surface area is 225 Å². The van der Waals surface area contributed by atoms with E-state index in [2.05, 4.69) is 29.8 Å². The van der Waals surface area contributed by atoms with Gasteiger partial charge in [0.1, 0.15) is 16.5 Å². The van der Waals surface area contributed by atoms with Crippen LogP contribution in [0, 0.1) is 11.8 Å². The zero-order valence-electron chi connectivity index (χ0n) is 20.1. The Morgan fingerprint density at radius 3 is 2.22 bits per heavy atom. The van der Waals surface area contributed by atoms with Crippen molar-refractivity contribution < 1.29 is 13.2 Å². The fourth-order valence-corrected chi connectivity index (χ4v) is 7.44. The van der Waals surface area contributed by atoms with Crippen molar-refractivity contribution >= 4 is 37.3 Å². The van der Waals surface area contributed by atoms with Crippen LogP contribution in [-0.4, -0.2) is 30.8 Å². The molecule has 0 N–H and O–H groups in total. The number of hydrogen-bond acceptors (Lipinski definition) is 5. The third-order valence-electron chi connectivity index (χ3n) is 6.26. The number of piperidine rings is 1. The minimum Gasteiger partial charge on any atom is -0.457 e. The maximum atomic E-state index is 13.4. The molecule has 2 atom stereocenters. The molecule has 5 rings (SSSR count). The summed E-state index contributed by atoms with van der Waals surface area (Å²) in [4.78, 5) is 5.12. The highest BCUT2D eigenvalue weighted by Crippen LogP contribution is 2.33. The van der Waals surface area contributed by atoms with Gasteiger partial charge in [0.05, 0.1) is 10.6 Å². The molecule has 0 saturated carbocycles. The Morgan fingerprint density at radius 1 is 0.917 bits per heavy atom. The van der Waals surface area contributed by atoms with Crippen molar-refractivity contribution in [3.63, 3.8) is 0 Å². The highest BCUT2D eigenvalue weighted by atomic mass is 79.9. The molecule has 186 valence electrons. The largest absolute Gasteiger partial charge is 0.457 e. The van der Waals surface area contributed by atoms with E-state index >= 15 is 0 Å². The topological polar surface area (TPSA) is 59.5 Å². The highest BCUT2D eigenvalue weighted by molar-refractivity contribution is 9.10. The van der Waals surface area contributed by atoms with Crippen LogP contribution in [0.3, 0.4) is 0 Å². The molecule has 3 aromatic carbocycles. The molecule has 1 aliphatic rings. The van der Waals surface area contributed by atoms with Crippen LogP contribution in [0.25, 0.3) is 21.8 Å². The first-order chi connectivity index (χ1) is 17.3. The second-order valence-electron chi connectivity index (χ2n) is 9.41. The van der Waals surface area contributed by atoms with Gasteiger partial charge in [-0.25, -0.2) is 13.4 Å². The summed E-state index contributed by atoms with van der Waals surface area (Å²) in [6.45, 7) is 5.37. The van der Waals surface area contributed by atoms with Crippen LogP contribution in [0.15, 0.2) is 87.5 Å². The van der Waals surface area contributed by atoms with Crippen LogP contribution in [0.1, 0.15) is 20.3 Å². The third-order valence-corrected chi connectivity index (χ3v) is 9.51. The minimum atomic E-state index is -3.54. The van der Waals surface area contributed by atoms with Gasteiger partial charge in [0.15, 0.2) is 0 Å². The van der Waals surface area contributed by atoms with Crippen LogP contribution in [-0.2, 0) is 10.0 Å². The van der Waals surface area contributed by atoms with Crippen molar-refractivity contribution in [1.82, 2.24) is 9.29 Å². The summed E-state index contributed by atoms with van der Waals surface area (Å²) in [7, 11) is -3.54. The molecule has 4 aromatic rings. The van der Waals surface area contributed by atoms with E-state index < -0.39 is 10.0 Å². The van der Waals surface area contributed by atoms with E-state index in [9.17, 15) is 8.42 Å². The molecule has 0 amide bonds. The zero-order valence-corrected chi connectivity index (χ0v) is 23.3. The van der Waals surface area contributed by atoms with Gasteiger partial charge in [0, 0.05) is 34.1 Å². The number of halogens is 1. The Morgan fingerprint density at radius 2 is 1.56 bits per heavy atom. The molecule has 1 aromatic heterocycles. The molecule has 1 saturated heterocycles. The number of aromatic nitrogens is 1. The maximum Gasteiger partial charge on any atom is 0.243 e. The Kier molecular flexibility index (Phi) is 7.30. The van der Waals surface area contributed by atoms with Crippen molar-refractivity contribution in [1.29, 1.82) is 0 Å². The van der Waals surface area contributed by atoms with E-state index in [1.54, 1.807) is 22.5 Å². The quantitative estimate of drug-likeness (QED) is 0.234. The highest BCUT2D eigenvalue weighted by Gasteiger charge is 2.31. The molecule has 5 nitrogen and oxygen atoms in total. The average Bonchev–Trinajstić information content (AvgIpc) is 3.36. The predicted molar refractivity (Wildman–Crippen MR) is 149 cm³/mol. The lowest BCUT2D eigenvalue weighted by Gasteiger charge is -2.34. The standard InChI is InChI=1S/C28H27BrN2O3S2/c1-19-14-20(2)17-31(16-19)36(32,33)26-5-3-4-22(15-26)27-18-35-28(30-27)21-6-10-24(11-7-21)34-25-12-8-23(29)9-13-25/h3-13,15,18-20H,14,16-17H2,1-2H3. The zero-order chi connectivity index (χ0) is 25.3. The summed E-state index contributed by atoms with van der Waals surface area (Å²) < 4.78 is 35.3. The number of thiazole rings is 1. The fraction of sp³-hybridized carbons (Fsp3) is 0.250. The van der Waals surface area contributed by atoms with Gasteiger partial charge in [0.25, 0.3) is 0 Å². The number of nitrogens with zero attached hydrogens (tertiary/aromatic N) is 2. The van der Waals surface area contributed by atoms with E-state index in [4.69, 9.17) is 9.72 Å². The fourth-order valence-electron chi connectivity index (χ4n) is 4.61. The predicted octanol–water partition coefficient (Wildman–Crippen LogP) is 7.70. The van der Waals surface area contributed by atoms with E-state index in [0.717, 1.165) is 44.2 Å². The lowest BCUT2D eigenvalue weighted by atomic mass is 9.94. The van der Waals surface area contributed by atoms with Crippen LogP contribution in [0.4, 0.5) is 0 Å². The van der Waals surface area contributed by atoms with Gasteiger partial charge in [-0.2, -0.15) is 4.31 Å². The van der Waals surface area contributed by atoms with Crippen molar-refractivity contribution in [2.75, 3.05) is 13.1 Å². The Bertz CT molecular complexity index is 1440. The molecule has 2 unspecified atom stereocenters. The van der Waals surface area contributed by atoms with E-state index in [0.29, 0.717) is 29.8 Å². The normalized spacial score (nSPS) is 18.8. The van der Waals surface area contributed by atoms with Gasteiger partial charge in [-0.1, -0.05) is 41.9 Å². The number of rotatable bonds is 6. The van der Waals surface area contributed by atoms with Gasteiger partial charge in [-0.3, -0.25) is 0 Å². The molecular weight excluding hydrogens is 556 g/mol. The maximum absolute atomic E-state index is 13.4. The SMILES string of the molecule is CC1CC(C)CN(S(=O)(=O)c2cccc(-c3csc(-c4ccc(Oc5ccc(Br)cc5)cc4)n3)c2)C1. The van der Waals surface area contributed by atoms with Gasteiger partial charge < -0.3 is 4.74 Å². The molecule has 1 fully saturated rings. The minimum absolute atomic E-state index is 0.324. The van der Waals surface area contributed by atoms with Crippen molar-refractivity contribution in [2.45, 2.75) is 25.2 Å². The van der Waals surface area contributed by atoms with Crippen LogP contribution >= 0.6 is 27.3 Å². The Balaban J connectivity index is 1.34. The molecule has 0 bridgehead atoms. The van der Waals surface area contributed by atoms with E-state index in [1.165, 1.54) is 11.3 Å². The molecule has 0 aliphatic carbocycles. The summed E-state index contributed by atoms with van der Waals surface area (Å²) in [5.41, 5.74) is 2.55. The monoisotopic (exact) mass is 582 g/mol. The number of benzene rings is 3. The average molecular weight is 584 g/mol. The van der Waals surface area contributed by atoms with Crippen molar-refractivity contribution in [3.05, 3.63) is 82.6 Å². The van der Waals surface area contributed by atoms with Crippen LogP contribution < -0.4 is 4.74 Å². The summed E-state index contributed by atoms with van der Waals surface area (Å²) in [5, 5.41) is 2.84. The van der Waals surface area contributed by atoms with Gasteiger partial charge in [-0.15, -0.1) is 11.3 Å². The molecule has 0 radical (unpaired) electrons. The summed E-state index contributed by atoms with van der Waals surface area (Å²) in [5.74, 6) is 2.24. The molecule has 0 spiro atoms. The number of sulfonamides is 1. The lowest BCUT2D eigenvalue weighted by Crippen LogP contribution is -2.42. The summed E-state index contributed by atoms with van der Waals surface area (Å²) >= 11 is 4.96. The summed E-state index contributed by atoms with van der Waals surface area (Å²) in [6.07, 6.45) is 1.06. The lowest BCUT2D eigenvalue weighted by molar-refractivity contribution is 0.222. The van der Waals surface area contributed by atoms with Crippen molar-refractivity contribution in [2.24, 2.45) is 11.8 Å². The van der Waals surface area contributed by atoms with Crippen LogP contribution in [0.2, 0.25) is 0 Å².